The molecule has 0 saturated carbocycles. The predicted octanol–water partition coefficient (Wildman–Crippen LogP) is 2.63. The van der Waals surface area contributed by atoms with Crippen LogP contribution in [-0.2, 0) is 29.0 Å². The van der Waals surface area contributed by atoms with Crippen LogP contribution in [0.25, 0.3) is 0 Å². The minimum Gasteiger partial charge on any atom is -0.475 e. The summed E-state index contributed by atoms with van der Waals surface area (Å²) in [5.74, 6) is -2.08. The van der Waals surface area contributed by atoms with Crippen molar-refractivity contribution in [3.63, 3.8) is 0 Å². The summed E-state index contributed by atoms with van der Waals surface area (Å²) in [6.07, 6.45) is -4.31. The molecule has 1 aromatic heterocycles. The van der Waals surface area contributed by atoms with Gasteiger partial charge in [0.1, 0.15) is 5.76 Å². The Hall–Kier alpha value is -2.92. The number of hydrogen-bond donors (Lipinski definition) is 2. The SMILES string of the molecule is COCC(C)NC(=O)c1nc2c(o1)CCN(Cc1ccccc1)C2.O=C(O)C(F)(F)F. The summed E-state index contributed by atoms with van der Waals surface area (Å²) in [5.41, 5.74) is 2.14. The van der Waals surface area contributed by atoms with Crippen molar-refractivity contribution in [2.45, 2.75) is 38.7 Å². The van der Waals surface area contributed by atoms with Crippen LogP contribution < -0.4 is 5.32 Å². The summed E-state index contributed by atoms with van der Waals surface area (Å²) in [7, 11) is 1.60. The van der Waals surface area contributed by atoms with E-state index >= 15 is 0 Å². The highest BCUT2D eigenvalue weighted by Gasteiger charge is 2.38. The van der Waals surface area contributed by atoms with Gasteiger partial charge < -0.3 is 19.6 Å². The first-order valence-electron chi connectivity index (χ1n) is 9.45. The number of nitrogens with zero attached hydrogens (tertiary/aromatic N) is 2. The van der Waals surface area contributed by atoms with E-state index in [-0.39, 0.29) is 17.8 Å². The Morgan fingerprint density at radius 1 is 1.32 bits per heavy atom. The Balaban J connectivity index is 0.000000423. The van der Waals surface area contributed by atoms with Gasteiger partial charge in [-0.15, -0.1) is 0 Å². The molecule has 170 valence electrons. The van der Waals surface area contributed by atoms with Gasteiger partial charge in [0.2, 0.25) is 0 Å². The lowest BCUT2D eigenvalue weighted by atomic mass is 10.1. The first kappa shape index (κ1) is 24.4. The molecule has 1 atom stereocenters. The molecule has 1 amide bonds. The summed E-state index contributed by atoms with van der Waals surface area (Å²) in [6.45, 7) is 4.81. The van der Waals surface area contributed by atoms with Gasteiger partial charge in [-0.05, 0) is 12.5 Å². The number of halogens is 3. The molecule has 0 bridgehead atoms. The highest BCUT2D eigenvalue weighted by molar-refractivity contribution is 5.89. The Labute approximate surface area is 177 Å². The summed E-state index contributed by atoms with van der Waals surface area (Å²) >= 11 is 0. The third-order valence-corrected chi connectivity index (χ3v) is 4.29. The summed E-state index contributed by atoms with van der Waals surface area (Å²) in [6, 6.07) is 10.3. The van der Waals surface area contributed by atoms with Gasteiger partial charge in [-0.1, -0.05) is 30.3 Å². The number of amides is 1. The summed E-state index contributed by atoms with van der Waals surface area (Å²) < 4.78 is 42.4. The molecule has 2 aromatic rings. The number of nitrogens with one attached hydrogen (secondary N) is 1. The fraction of sp³-hybridized carbons (Fsp3) is 0.450. The molecule has 0 fully saturated rings. The van der Waals surface area contributed by atoms with Crippen LogP contribution in [-0.4, -0.2) is 59.3 Å². The number of fused-ring (bicyclic) bond motifs is 1. The second-order valence-corrected chi connectivity index (χ2v) is 6.97. The van der Waals surface area contributed by atoms with Crippen LogP contribution in [0.3, 0.4) is 0 Å². The minimum absolute atomic E-state index is 0.0824. The maximum absolute atomic E-state index is 12.2. The molecule has 1 aliphatic heterocycles. The summed E-state index contributed by atoms with van der Waals surface area (Å²) in [5, 5.41) is 9.95. The number of ether oxygens (including phenoxy) is 1. The maximum Gasteiger partial charge on any atom is 0.490 e. The van der Waals surface area contributed by atoms with Crippen LogP contribution in [0.1, 0.15) is 34.6 Å². The van der Waals surface area contributed by atoms with Crippen LogP contribution in [0, 0.1) is 0 Å². The van der Waals surface area contributed by atoms with Crippen molar-refractivity contribution in [2.24, 2.45) is 0 Å². The molecule has 0 spiro atoms. The van der Waals surface area contributed by atoms with Crippen LogP contribution in [0.15, 0.2) is 34.7 Å². The van der Waals surface area contributed by atoms with Crippen LogP contribution >= 0.6 is 0 Å². The average molecular weight is 443 g/mol. The molecule has 2 heterocycles. The molecule has 3 rings (SSSR count). The van der Waals surface area contributed by atoms with Gasteiger partial charge in [0.15, 0.2) is 0 Å². The molecule has 31 heavy (non-hydrogen) atoms. The number of carboxylic acid groups (broad SMARTS) is 1. The van der Waals surface area contributed by atoms with Crippen molar-refractivity contribution in [1.29, 1.82) is 0 Å². The molecule has 0 aliphatic carbocycles. The average Bonchev–Trinajstić information content (AvgIpc) is 3.12. The molecular weight excluding hydrogens is 419 g/mol. The molecule has 8 nitrogen and oxygen atoms in total. The molecule has 1 unspecified atom stereocenters. The van der Waals surface area contributed by atoms with E-state index in [1.54, 1.807) is 7.11 Å². The summed E-state index contributed by atoms with van der Waals surface area (Å²) in [4.78, 5) is 27.8. The zero-order valence-corrected chi connectivity index (χ0v) is 17.1. The smallest absolute Gasteiger partial charge is 0.475 e. The molecular formula is C20H24F3N3O5. The van der Waals surface area contributed by atoms with Crippen LogP contribution in [0.5, 0.6) is 0 Å². The first-order chi connectivity index (χ1) is 14.6. The van der Waals surface area contributed by atoms with E-state index in [0.29, 0.717) is 13.2 Å². The normalized spacial score (nSPS) is 14.7. The molecule has 1 aromatic carbocycles. The Morgan fingerprint density at radius 3 is 2.55 bits per heavy atom. The number of hydrogen-bond acceptors (Lipinski definition) is 6. The number of oxazole rings is 1. The van der Waals surface area contributed by atoms with E-state index in [0.717, 1.165) is 31.0 Å². The van der Waals surface area contributed by atoms with E-state index in [1.807, 2.05) is 25.1 Å². The fourth-order valence-corrected chi connectivity index (χ4v) is 2.90. The van der Waals surface area contributed by atoms with Crippen molar-refractivity contribution in [3.05, 3.63) is 53.2 Å². The highest BCUT2D eigenvalue weighted by Crippen LogP contribution is 2.21. The third-order valence-electron chi connectivity index (χ3n) is 4.29. The van der Waals surface area contributed by atoms with E-state index in [9.17, 15) is 18.0 Å². The third kappa shape index (κ3) is 7.68. The number of carbonyl (C=O) groups is 2. The number of benzene rings is 1. The fourth-order valence-electron chi connectivity index (χ4n) is 2.90. The lowest BCUT2D eigenvalue weighted by Crippen LogP contribution is -2.35. The molecule has 0 radical (unpaired) electrons. The lowest BCUT2D eigenvalue weighted by Gasteiger charge is -2.24. The number of carboxylic acids is 1. The van der Waals surface area contributed by atoms with E-state index in [1.165, 1.54) is 5.56 Å². The number of rotatable bonds is 6. The molecule has 11 heteroatoms. The topological polar surface area (TPSA) is 105 Å². The van der Waals surface area contributed by atoms with Gasteiger partial charge in [0.05, 0.1) is 12.3 Å². The van der Waals surface area contributed by atoms with Gasteiger partial charge in [-0.3, -0.25) is 9.69 Å². The van der Waals surface area contributed by atoms with Crippen molar-refractivity contribution in [2.75, 3.05) is 20.3 Å². The van der Waals surface area contributed by atoms with E-state index in [4.69, 9.17) is 19.1 Å². The van der Waals surface area contributed by atoms with Gasteiger partial charge in [-0.2, -0.15) is 13.2 Å². The largest absolute Gasteiger partial charge is 0.490 e. The van der Waals surface area contributed by atoms with Crippen molar-refractivity contribution in [1.82, 2.24) is 15.2 Å². The van der Waals surface area contributed by atoms with Gasteiger partial charge >= 0.3 is 18.1 Å². The maximum atomic E-state index is 12.2. The molecule has 0 saturated heterocycles. The van der Waals surface area contributed by atoms with E-state index in [2.05, 4.69) is 27.3 Å². The minimum atomic E-state index is -5.08. The van der Waals surface area contributed by atoms with Crippen molar-refractivity contribution >= 4 is 11.9 Å². The number of alkyl halides is 3. The monoisotopic (exact) mass is 443 g/mol. The van der Waals surface area contributed by atoms with Crippen LogP contribution in [0.4, 0.5) is 13.2 Å². The van der Waals surface area contributed by atoms with Crippen LogP contribution in [0.2, 0.25) is 0 Å². The Kier molecular flexibility index (Phi) is 8.57. The highest BCUT2D eigenvalue weighted by atomic mass is 19.4. The van der Waals surface area contributed by atoms with Gasteiger partial charge in [0.25, 0.3) is 5.89 Å². The van der Waals surface area contributed by atoms with Crippen molar-refractivity contribution in [3.8, 4) is 0 Å². The zero-order valence-electron chi connectivity index (χ0n) is 17.1. The number of aliphatic carboxylic acids is 1. The van der Waals surface area contributed by atoms with Gasteiger partial charge in [0, 0.05) is 39.2 Å². The zero-order chi connectivity index (χ0) is 23.0. The molecule has 2 N–H and O–H groups in total. The number of methoxy groups -OCH3 is 1. The number of aromatic nitrogens is 1. The molecule has 1 aliphatic rings. The van der Waals surface area contributed by atoms with E-state index < -0.39 is 12.1 Å². The second kappa shape index (κ2) is 10.9. The van der Waals surface area contributed by atoms with Crippen molar-refractivity contribution < 1.29 is 37.0 Å². The Morgan fingerprint density at radius 2 is 1.97 bits per heavy atom. The number of carbonyl (C=O) groups excluding carboxylic acids is 1. The quantitative estimate of drug-likeness (QED) is 0.707. The Bertz CT molecular complexity index is 871. The lowest BCUT2D eigenvalue weighted by molar-refractivity contribution is -0.192. The second-order valence-electron chi connectivity index (χ2n) is 6.97. The standard InChI is InChI=1S/C18H23N3O3.C2HF3O2/c1-13(12-23-2)19-17(22)18-20-15-11-21(9-8-16(15)24-18)10-14-6-4-3-5-7-14;3-2(4,5)1(6)7/h3-7,13H,8-12H2,1-2H3,(H,19,22);(H,6,7). The van der Waals surface area contributed by atoms with Gasteiger partial charge in [-0.25, -0.2) is 9.78 Å². The first-order valence-corrected chi connectivity index (χ1v) is 9.45. The predicted molar refractivity (Wildman–Crippen MR) is 103 cm³/mol.